The van der Waals surface area contributed by atoms with Crippen LogP contribution in [0.1, 0.15) is 38.3 Å². The number of aromatic amines is 1. The molecule has 2 aromatic carbocycles. The van der Waals surface area contributed by atoms with Crippen LogP contribution in [0.4, 0.5) is 0 Å². The SMILES string of the molecule is Cc1ccc(-n2nc(C(=O)N/N=C/c3cc4cc(C)ccc4[nH]c3=O)c(C)c(C#N)c2=O)cc1. The lowest BCUT2D eigenvalue weighted by molar-refractivity contribution is 0.0947. The van der Waals surface area contributed by atoms with Gasteiger partial charge < -0.3 is 4.98 Å². The average molecular weight is 452 g/mol. The second-order valence-corrected chi connectivity index (χ2v) is 7.86. The Morgan fingerprint density at radius 2 is 1.79 bits per heavy atom. The van der Waals surface area contributed by atoms with Gasteiger partial charge in [0.1, 0.15) is 11.6 Å². The Bertz CT molecular complexity index is 1620. The third-order valence-corrected chi connectivity index (χ3v) is 5.34. The second kappa shape index (κ2) is 8.96. The molecule has 0 unspecified atom stereocenters. The summed E-state index contributed by atoms with van der Waals surface area (Å²) in [7, 11) is 0. The Morgan fingerprint density at radius 1 is 1.09 bits per heavy atom. The van der Waals surface area contributed by atoms with Gasteiger partial charge in [0.05, 0.1) is 17.5 Å². The molecule has 2 N–H and O–H groups in total. The van der Waals surface area contributed by atoms with Crippen molar-refractivity contribution in [3.05, 3.63) is 103 Å². The molecule has 0 atom stereocenters. The fraction of sp³-hybridized carbons (Fsp3) is 0.120. The minimum absolute atomic E-state index is 0.128. The van der Waals surface area contributed by atoms with Crippen LogP contribution in [-0.2, 0) is 0 Å². The molecular weight excluding hydrogens is 432 g/mol. The first-order chi connectivity index (χ1) is 16.3. The van der Waals surface area contributed by atoms with E-state index in [0.717, 1.165) is 21.2 Å². The summed E-state index contributed by atoms with van der Waals surface area (Å²) in [6.07, 6.45) is 1.23. The van der Waals surface area contributed by atoms with E-state index in [9.17, 15) is 19.6 Å². The fourth-order valence-electron chi connectivity index (χ4n) is 3.47. The van der Waals surface area contributed by atoms with Crippen LogP contribution in [0, 0.1) is 32.1 Å². The number of aryl methyl sites for hydroxylation is 2. The van der Waals surface area contributed by atoms with E-state index in [1.807, 2.05) is 38.1 Å². The van der Waals surface area contributed by atoms with Crippen LogP contribution in [0.25, 0.3) is 16.6 Å². The van der Waals surface area contributed by atoms with Gasteiger partial charge in [0.2, 0.25) is 0 Å². The highest BCUT2D eigenvalue weighted by Gasteiger charge is 2.20. The van der Waals surface area contributed by atoms with Gasteiger partial charge in [-0.15, -0.1) is 0 Å². The van der Waals surface area contributed by atoms with E-state index < -0.39 is 11.5 Å². The van der Waals surface area contributed by atoms with Crippen molar-refractivity contribution < 1.29 is 4.79 Å². The van der Waals surface area contributed by atoms with E-state index in [0.29, 0.717) is 11.2 Å². The Labute approximate surface area is 194 Å². The lowest BCUT2D eigenvalue weighted by Gasteiger charge is -2.10. The van der Waals surface area contributed by atoms with Gasteiger partial charge in [-0.05, 0) is 56.5 Å². The summed E-state index contributed by atoms with van der Waals surface area (Å²) in [6, 6.07) is 16.1. The van der Waals surface area contributed by atoms with E-state index in [-0.39, 0.29) is 27.9 Å². The third kappa shape index (κ3) is 4.25. The van der Waals surface area contributed by atoms with Gasteiger partial charge in [0.15, 0.2) is 5.69 Å². The predicted molar refractivity (Wildman–Crippen MR) is 128 cm³/mol. The van der Waals surface area contributed by atoms with Crippen molar-refractivity contribution >= 4 is 23.0 Å². The summed E-state index contributed by atoms with van der Waals surface area (Å²) < 4.78 is 1.01. The molecule has 0 aliphatic rings. The number of carbonyl (C=O) groups is 1. The number of hydrogen-bond acceptors (Lipinski definition) is 6. The van der Waals surface area contributed by atoms with Crippen LogP contribution in [0.2, 0.25) is 0 Å². The molecule has 0 spiro atoms. The average Bonchev–Trinajstić information content (AvgIpc) is 2.81. The van der Waals surface area contributed by atoms with E-state index in [1.54, 1.807) is 30.3 Å². The highest BCUT2D eigenvalue weighted by atomic mass is 16.2. The molecule has 34 heavy (non-hydrogen) atoms. The van der Waals surface area contributed by atoms with Gasteiger partial charge in [0, 0.05) is 11.1 Å². The lowest BCUT2D eigenvalue weighted by Crippen LogP contribution is -2.31. The molecule has 2 heterocycles. The Morgan fingerprint density at radius 3 is 2.50 bits per heavy atom. The Balaban J connectivity index is 1.67. The number of hydrazone groups is 1. The van der Waals surface area contributed by atoms with Gasteiger partial charge in [-0.2, -0.15) is 20.1 Å². The summed E-state index contributed by atoms with van der Waals surface area (Å²) in [5.74, 6) is -0.723. The van der Waals surface area contributed by atoms with Crippen molar-refractivity contribution in [2.75, 3.05) is 0 Å². The molecule has 0 aliphatic carbocycles. The molecule has 4 aromatic rings. The number of rotatable bonds is 4. The standard InChI is InChI=1S/C25H20N6O3/c1-14-4-7-19(8-5-14)31-25(34)20(12-26)16(3)22(30-31)24(33)29-27-13-18-11-17-10-15(2)6-9-21(17)28-23(18)32/h4-11,13H,1-3H3,(H,28,32)(H,29,33)/b27-13+. The molecule has 4 rings (SSSR count). The maximum Gasteiger partial charge on any atom is 0.292 e. The summed E-state index contributed by atoms with van der Waals surface area (Å²) in [5.41, 5.74) is 4.55. The number of benzene rings is 2. The zero-order valence-corrected chi connectivity index (χ0v) is 18.7. The third-order valence-electron chi connectivity index (χ3n) is 5.34. The van der Waals surface area contributed by atoms with Gasteiger partial charge >= 0.3 is 0 Å². The minimum Gasteiger partial charge on any atom is -0.321 e. The van der Waals surface area contributed by atoms with E-state index in [4.69, 9.17) is 0 Å². The van der Waals surface area contributed by atoms with Crippen LogP contribution in [0.15, 0.2) is 63.2 Å². The number of nitriles is 1. The van der Waals surface area contributed by atoms with Crippen LogP contribution >= 0.6 is 0 Å². The number of pyridine rings is 1. The quantitative estimate of drug-likeness (QED) is 0.363. The molecule has 168 valence electrons. The molecule has 1 amide bonds. The van der Waals surface area contributed by atoms with E-state index in [2.05, 4.69) is 20.6 Å². The van der Waals surface area contributed by atoms with Crippen molar-refractivity contribution in [2.45, 2.75) is 20.8 Å². The van der Waals surface area contributed by atoms with Gasteiger partial charge in [0.25, 0.3) is 17.0 Å². The number of carbonyl (C=O) groups excluding carboxylic acids is 1. The number of nitrogens with one attached hydrogen (secondary N) is 2. The first-order valence-electron chi connectivity index (χ1n) is 10.4. The number of hydrogen-bond donors (Lipinski definition) is 2. The highest BCUT2D eigenvalue weighted by Crippen LogP contribution is 2.13. The van der Waals surface area contributed by atoms with Crippen molar-refractivity contribution in [2.24, 2.45) is 5.10 Å². The molecule has 0 fully saturated rings. The van der Waals surface area contributed by atoms with Crippen LogP contribution in [0.3, 0.4) is 0 Å². The number of aromatic nitrogens is 3. The van der Waals surface area contributed by atoms with Crippen molar-refractivity contribution in [3.63, 3.8) is 0 Å². The van der Waals surface area contributed by atoms with Crippen LogP contribution in [-0.4, -0.2) is 26.9 Å². The normalized spacial score (nSPS) is 11.0. The second-order valence-electron chi connectivity index (χ2n) is 7.86. The number of amides is 1. The lowest BCUT2D eigenvalue weighted by atomic mass is 10.1. The molecular formula is C25H20N6O3. The minimum atomic E-state index is -0.723. The maximum atomic E-state index is 12.8. The molecule has 9 nitrogen and oxygen atoms in total. The van der Waals surface area contributed by atoms with Crippen molar-refractivity contribution in [1.29, 1.82) is 5.26 Å². The van der Waals surface area contributed by atoms with E-state index >= 15 is 0 Å². The highest BCUT2D eigenvalue weighted by molar-refractivity contribution is 5.95. The van der Waals surface area contributed by atoms with Crippen LogP contribution in [0.5, 0.6) is 0 Å². The topological polar surface area (TPSA) is 133 Å². The summed E-state index contributed by atoms with van der Waals surface area (Å²) in [6.45, 7) is 5.31. The van der Waals surface area contributed by atoms with Crippen LogP contribution < -0.4 is 16.5 Å². The zero-order chi connectivity index (χ0) is 24.4. The smallest absolute Gasteiger partial charge is 0.292 e. The monoisotopic (exact) mass is 452 g/mol. The Kier molecular flexibility index (Phi) is 5.89. The van der Waals surface area contributed by atoms with Gasteiger partial charge in [-0.3, -0.25) is 14.4 Å². The summed E-state index contributed by atoms with van der Waals surface area (Å²) in [4.78, 5) is 40.6. The first-order valence-corrected chi connectivity index (χ1v) is 10.4. The molecule has 2 aromatic heterocycles. The summed E-state index contributed by atoms with van der Waals surface area (Å²) in [5, 5.41) is 18.4. The summed E-state index contributed by atoms with van der Waals surface area (Å²) >= 11 is 0. The van der Waals surface area contributed by atoms with Crippen molar-refractivity contribution in [3.8, 4) is 11.8 Å². The maximum absolute atomic E-state index is 12.8. The molecule has 0 saturated carbocycles. The number of H-pyrrole nitrogens is 1. The molecule has 9 heteroatoms. The van der Waals surface area contributed by atoms with Gasteiger partial charge in [-0.25, -0.2) is 5.43 Å². The van der Waals surface area contributed by atoms with Crippen molar-refractivity contribution in [1.82, 2.24) is 20.2 Å². The number of fused-ring (bicyclic) bond motifs is 1. The Hall–Kier alpha value is -4.84. The molecule has 0 radical (unpaired) electrons. The molecule has 0 saturated heterocycles. The predicted octanol–water partition coefficient (Wildman–Crippen LogP) is 2.63. The zero-order valence-electron chi connectivity index (χ0n) is 18.7. The number of nitrogens with zero attached hydrogens (tertiary/aromatic N) is 4. The molecule has 0 aliphatic heterocycles. The van der Waals surface area contributed by atoms with E-state index in [1.165, 1.54) is 13.1 Å². The largest absolute Gasteiger partial charge is 0.321 e. The van der Waals surface area contributed by atoms with Gasteiger partial charge in [-0.1, -0.05) is 29.3 Å². The fourth-order valence-corrected chi connectivity index (χ4v) is 3.47. The first kappa shape index (κ1) is 22.4. The molecule has 0 bridgehead atoms.